The van der Waals surface area contributed by atoms with Gasteiger partial charge < -0.3 is 15.4 Å². The molecule has 0 unspecified atom stereocenters. The van der Waals surface area contributed by atoms with E-state index in [0.29, 0.717) is 5.02 Å². The number of benzene rings is 2. The maximum absolute atomic E-state index is 13.4. The van der Waals surface area contributed by atoms with Gasteiger partial charge in [0.2, 0.25) is 0 Å². The lowest BCUT2D eigenvalue weighted by molar-refractivity contribution is -0.304. The summed E-state index contributed by atoms with van der Waals surface area (Å²) in [5.74, 6) is -0.851. The second kappa shape index (κ2) is 7.95. The van der Waals surface area contributed by atoms with E-state index < -0.39 is 35.9 Å². The van der Waals surface area contributed by atoms with Crippen LogP contribution in [0.3, 0.4) is 0 Å². The van der Waals surface area contributed by atoms with E-state index in [9.17, 15) is 31.1 Å². The smallest absolute Gasteiger partial charge is 0.428 e. The van der Waals surface area contributed by atoms with E-state index in [4.69, 9.17) is 11.6 Å². The Morgan fingerprint density at radius 2 is 1.67 bits per heavy atom. The van der Waals surface area contributed by atoms with Crippen LogP contribution in [0.25, 0.3) is 0 Å². The lowest BCUT2D eigenvalue weighted by Gasteiger charge is -2.24. The molecule has 0 aliphatic carbocycles. The third-order valence-corrected chi connectivity index (χ3v) is 3.28. The van der Waals surface area contributed by atoms with Gasteiger partial charge in [-0.3, -0.25) is 0 Å². The van der Waals surface area contributed by atoms with Gasteiger partial charge in [-0.2, -0.15) is 22.0 Å². The van der Waals surface area contributed by atoms with Crippen molar-refractivity contribution in [2.45, 2.75) is 18.5 Å². The predicted octanol–water partition coefficient (Wildman–Crippen LogP) is 5.86. The van der Waals surface area contributed by atoms with Crippen LogP contribution in [0.4, 0.5) is 42.5 Å². The van der Waals surface area contributed by atoms with Crippen LogP contribution < -0.4 is 15.4 Å². The highest BCUT2D eigenvalue weighted by Gasteiger charge is 2.59. The van der Waals surface area contributed by atoms with Gasteiger partial charge in [0.15, 0.2) is 0 Å². The first kappa shape index (κ1) is 20.7. The van der Waals surface area contributed by atoms with Gasteiger partial charge in [0.25, 0.3) is 6.17 Å². The van der Waals surface area contributed by atoms with Crippen molar-refractivity contribution in [3.8, 4) is 5.75 Å². The van der Waals surface area contributed by atoms with E-state index in [1.807, 2.05) is 0 Å². The minimum Gasteiger partial charge on any atom is -0.428 e. The SMILES string of the molecule is O=C(Nc1cccc(Cl)c1)Nc1ccccc1OC(F)(F)[C@H](F)C(F)(F)F. The molecule has 0 aromatic heterocycles. The zero-order valence-corrected chi connectivity index (χ0v) is 13.9. The minimum absolute atomic E-state index is 0.268. The molecule has 0 fully saturated rings. The molecule has 11 heteroatoms. The standard InChI is InChI=1S/C16H11ClF6N2O2/c17-9-4-3-5-10(8-9)24-14(26)25-11-6-1-2-7-12(11)27-16(22,23)13(18)15(19,20)21/h1-8,13H,(H2,24,25,26)/t13-/m1/s1. The molecular formula is C16H11ClF6N2O2. The molecule has 1 atom stereocenters. The maximum Gasteiger partial charge on any atom is 0.439 e. The molecule has 2 rings (SSSR count). The van der Waals surface area contributed by atoms with E-state index in [1.54, 1.807) is 6.07 Å². The molecule has 4 nitrogen and oxygen atoms in total. The quantitative estimate of drug-likeness (QED) is 0.605. The van der Waals surface area contributed by atoms with Crippen molar-refractivity contribution in [1.82, 2.24) is 0 Å². The van der Waals surface area contributed by atoms with Crippen molar-refractivity contribution in [3.05, 3.63) is 53.6 Å². The minimum atomic E-state index is -5.82. The van der Waals surface area contributed by atoms with E-state index in [1.165, 1.54) is 24.3 Å². The van der Waals surface area contributed by atoms with Gasteiger partial charge in [0, 0.05) is 10.7 Å². The number of hydrogen-bond acceptors (Lipinski definition) is 2. The van der Waals surface area contributed by atoms with Crippen molar-refractivity contribution >= 4 is 29.0 Å². The van der Waals surface area contributed by atoms with Gasteiger partial charge >= 0.3 is 18.3 Å². The normalized spacial score (nSPS) is 13.0. The highest BCUT2D eigenvalue weighted by Crippen LogP contribution is 2.38. The fraction of sp³-hybridized carbons (Fsp3) is 0.188. The number of rotatable bonds is 5. The largest absolute Gasteiger partial charge is 0.439 e. The average Bonchev–Trinajstić information content (AvgIpc) is 2.55. The lowest BCUT2D eigenvalue weighted by Crippen LogP contribution is -2.45. The number of ether oxygens (including phenoxy) is 1. The number of halogens is 7. The number of urea groups is 1. The van der Waals surface area contributed by atoms with Crippen LogP contribution in [-0.4, -0.2) is 24.5 Å². The molecular weight excluding hydrogens is 402 g/mol. The first-order valence-corrected chi connectivity index (χ1v) is 7.57. The third kappa shape index (κ3) is 5.68. The molecule has 0 radical (unpaired) electrons. The van der Waals surface area contributed by atoms with Crippen molar-refractivity contribution in [3.63, 3.8) is 0 Å². The van der Waals surface area contributed by atoms with Crippen molar-refractivity contribution in [1.29, 1.82) is 0 Å². The van der Waals surface area contributed by atoms with Crippen LogP contribution in [0.5, 0.6) is 5.75 Å². The second-order valence-electron chi connectivity index (χ2n) is 5.15. The summed E-state index contributed by atoms with van der Waals surface area (Å²) in [6.07, 6.45) is -15.6. The Morgan fingerprint density at radius 3 is 2.30 bits per heavy atom. The maximum atomic E-state index is 13.4. The number of carbonyl (C=O) groups excluding carboxylic acids is 1. The molecule has 0 aliphatic heterocycles. The molecule has 2 amide bonds. The fourth-order valence-electron chi connectivity index (χ4n) is 1.90. The number of carbonyl (C=O) groups is 1. The number of amides is 2. The van der Waals surface area contributed by atoms with E-state index in [2.05, 4.69) is 15.4 Å². The fourth-order valence-corrected chi connectivity index (χ4v) is 2.09. The molecule has 0 saturated heterocycles. The Labute approximate surface area is 154 Å². The highest BCUT2D eigenvalue weighted by atomic mass is 35.5. The van der Waals surface area contributed by atoms with Crippen LogP contribution in [0.15, 0.2) is 48.5 Å². The topological polar surface area (TPSA) is 50.4 Å². The second-order valence-corrected chi connectivity index (χ2v) is 5.59. The number of para-hydroxylation sites is 2. The van der Waals surface area contributed by atoms with Crippen LogP contribution >= 0.6 is 11.6 Å². The van der Waals surface area contributed by atoms with Gasteiger partial charge in [0.1, 0.15) is 5.75 Å². The Balaban J connectivity index is 2.14. The molecule has 2 aromatic carbocycles. The van der Waals surface area contributed by atoms with E-state index in [0.717, 1.165) is 18.2 Å². The van der Waals surface area contributed by atoms with Gasteiger partial charge in [0.05, 0.1) is 5.69 Å². The highest BCUT2D eigenvalue weighted by molar-refractivity contribution is 6.30. The van der Waals surface area contributed by atoms with Crippen molar-refractivity contribution in [2.24, 2.45) is 0 Å². The molecule has 0 spiro atoms. The summed E-state index contributed by atoms with van der Waals surface area (Å²) < 4.78 is 80.4. The molecule has 0 heterocycles. The zero-order chi connectivity index (χ0) is 20.2. The predicted molar refractivity (Wildman–Crippen MR) is 87.1 cm³/mol. The average molecular weight is 413 g/mol. The summed E-state index contributed by atoms with van der Waals surface area (Å²) in [7, 11) is 0. The Bertz CT molecular complexity index is 815. The number of alkyl halides is 6. The molecule has 146 valence electrons. The summed E-state index contributed by atoms with van der Waals surface area (Å²) in [6.45, 7) is 0. The summed E-state index contributed by atoms with van der Waals surface area (Å²) >= 11 is 5.75. The summed E-state index contributed by atoms with van der Waals surface area (Å²) in [6, 6.07) is 9.45. The van der Waals surface area contributed by atoms with Gasteiger partial charge in [-0.25, -0.2) is 9.18 Å². The third-order valence-electron chi connectivity index (χ3n) is 3.05. The molecule has 0 saturated carbocycles. The van der Waals surface area contributed by atoms with Crippen molar-refractivity contribution in [2.75, 3.05) is 10.6 Å². The molecule has 2 N–H and O–H groups in total. The zero-order valence-electron chi connectivity index (χ0n) is 13.2. The molecule has 0 bridgehead atoms. The lowest BCUT2D eigenvalue weighted by atomic mass is 10.3. The Morgan fingerprint density at radius 1 is 1.00 bits per heavy atom. The number of nitrogens with one attached hydrogen (secondary N) is 2. The number of anilines is 2. The van der Waals surface area contributed by atoms with Crippen LogP contribution in [-0.2, 0) is 0 Å². The van der Waals surface area contributed by atoms with Gasteiger partial charge in [-0.15, -0.1) is 0 Å². The first-order valence-electron chi connectivity index (χ1n) is 7.19. The monoisotopic (exact) mass is 412 g/mol. The summed E-state index contributed by atoms with van der Waals surface area (Å²) in [5.41, 5.74) is -0.129. The van der Waals surface area contributed by atoms with Crippen molar-refractivity contribution < 1.29 is 35.9 Å². The van der Waals surface area contributed by atoms with Crippen LogP contribution in [0.1, 0.15) is 0 Å². The van der Waals surface area contributed by atoms with Gasteiger partial charge in [-0.1, -0.05) is 29.8 Å². The van der Waals surface area contributed by atoms with E-state index in [-0.39, 0.29) is 5.69 Å². The summed E-state index contributed by atoms with van der Waals surface area (Å²) in [5, 5.41) is 4.78. The van der Waals surface area contributed by atoms with Crippen LogP contribution in [0, 0.1) is 0 Å². The Hall–Kier alpha value is -2.62. The molecule has 0 aliphatic rings. The summed E-state index contributed by atoms with van der Waals surface area (Å²) in [4.78, 5) is 11.9. The molecule has 27 heavy (non-hydrogen) atoms. The number of hydrogen-bond donors (Lipinski definition) is 2. The Kier molecular flexibility index (Phi) is 6.09. The van der Waals surface area contributed by atoms with Crippen LogP contribution in [0.2, 0.25) is 5.02 Å². The molecule has 2 aromatic rings. The van der Waals surface area contributed by atoms with Gasteiger partial charge in [-0.05, 0) is 30.3 Å². The first-order chi connectivity index (χ1) is 12.5. The van der Waals surface area contributed by atoms with E-state index >= 15 is 0 Å².